The summed E-state index contributed by atoms with van der Waals surface area (Å²) in [6, 6.07) is 7.31. The van der Waals surface area contributed by atoms with Crippen molar-refractivity contribution in [2.75, 3.05) is 13.7 Å². The Hall–Kier alpha value is -1.02. The number of rotatable bonds is 5. The van der Waals surface area contributed by atoms with E-state index in [2.05, 4.69) is 51.2 Å². The molecule has 2 heteroatoms. The molecule has 0 spiro atoms. The quantitative estimate of drug-likeness (QED) is 0.875. The van der Waals surface area contributed by atoms with E-state index in [-0.39, 0.29) is 5.41 Å². The maximum atomic E-state index is 5.53. The van der Waals surface area contributed by atoms with Gasteiger partial charge in [-0.25, -0.2) is 0 Å². The topological polar surface area (TPSA) is 21.3 Å². The highest BCUT2D eigenvalue weighted by atomic mass is 16.5. The first kappa shape index (κ1) is 15.4. The molecule has 1 aliphatic rings. The Kier molecular flexibility index (Phi) is 4.74. The van der Waals surface area contributed by atoms with Crippen molar-refractivity contribution in [3.05, 3.63) is 29.3 Å². The van der Waals surface area contributed by atoms with Gasteiger partial charge in [-0.2, -0.15) is 0 Å². The lowest BCUT2D eigenvalue weighted by molar-refractivity contribution is 0.306. The SMILES string of the molecule is COc1cc(C2(CNC(C)C)CCCC2C)ccc1C. The summed E-state index contributed by atoms with van der Waals surface area (Å²) in [4.78, 5) is 0. The number of benzene rings is 1. The third-order valence-electron chi connectivity index (χ3n) is 5.01. The number of ether oxygens (including phenoxy) is 1. The average Bonchev–Trinajstić information content (AvgIpc) is 2.79. The molecule has 1 aliphatic carbocycles. The van der Waals surface area contributed by atoms with Crippen LogP contribution in [-0.2, 0) is 5.41 Å². The zero-order valence-corrected chi connectivity index (χ0v) is 13.6. The molecule has 0 amide bonds. The first-order valence-corrected chi connectivity index (χ1v) is 7.88. The fourth-order valence-corrected chi connectivity index (χ4v) is 3.56. The van der Waals surface area contributed by atoms with E-state index in [1.807, 2.05) is 0 Å². The predicted molar refractivity (Wildman–Crippen MR) is 85.6 cm³/mol. The fraction of sp³-hybridized carbons (Fsp3) is 0.667. The van der Waals surface area contributed by atoms with Crippen LogP contribution < -0.4 is 10.1 Å². The van der Waals surface area contributed by atoms with Crippen molar-refractivity contribution in [1.82, 2.24) is 5.32 Å². The van der Waals surface area contributed by atoms with E-state index in [1.54, 1.807) is 7.11 Å². The van der Waals surface area contributed by atoms with Gasteiger partial charge in [0.25, 0.3) is 0 Å². The summed E-state index contributed by atoms with van der Waals surface area (Å²) in [5.41, 5.74) is 2.93. The maximum absolute atomic E-state index is 5.53. The third kappa shape index (κ3) is 2.85. The highest BCUT2D eigenvalue weighted by Gasteiger charge is 2.41. The second kappa shape index (κ2) is 6.17. The summed E-state index contributed by atoms with van der Waals surface area (Å²) in [6.07, 6.45) is 3.94. The molecule has 20 heavy (non-hydrogen) atoms. The Balaban J connectivity index is 2.36. The number of aryl methyl sites for hydroxylation is 1. The van der Waals surface area contributed by atoms with Crippen LogP contribution in [0.15, 0.2) is 18.2 Å². The van der Waals surface area contributed by atoms with Gasteiger partial charge in [0, 0.05) is 18.0 Å². The van der Waals surface area contributed by atoms with Crippen LogP contribution in [0.25, 0.3) is 0 Å². The standard InChI is InChI=1S/C18H29NO/c1-13(2)19-12-18(10-6-7-15(18)4)16-9-8-14(3)17(11-16)20-5/h8-9,11,13,15,19H,6-7,10,12H2,1-5H3. The molecule has 0 radical (unpaired) electrons. The van der Waals surface area contributed by atoms with Crippen LogP contribution in [0.5, 0.6) is 5.75 Å². The van der Waals surface area contributed by atoms with Gasteiger partial charge in [0.2, 0.25) is 0 Å². The zero-order valence-electron chi connectivity index (χ0n) is 13.6. The molecule has 1 N–H and O–H groups in total. The lowest BCUT2D eigenvalue weighted by atomic mass is 9.72. The number of methoxy groups -OCH3 is 1. The van der Waals surface area contributed by atoms with Crippen molar-refractivity contribution in [2.45, 2.75) is 58.4 Å². The summed E-state index contributed by atoms with van der Waals surface area (Å²) in [5.74, 6) is 1.74. The summed E-state index contributed by atoms with van der Waals surface area (Å²) >= 11 is 0. The number of hydrogen-bond donors (Lipinski definition) is 1. The Bertz CT molecular complexity index is 455. The lowest BCUT2D eigenvalue weighted by Gasteiger charge is -2.36. The highest BCUT2D eigenvalue weighted by Crippen LogP contribution is 2.46. The van der Waals surface area contributed by atoms with E-state index < -0.39 is 0 Å². The summed E-state index contributed by atoms with van der Waals surface area (Å²) in [5, 5.41) is 3.67. The Morgan fingerprint density at radius 3 is 2.70 bits per heavy atom. The largest absolute Gasteiger partial charge is 0.496 e. The van der Waals surface area contributed by atoms with Gasteiger partial charge >= 0.3 is 0 Å². The minimum absolute atomic E-state index is 0.269. The van der Waals surface area contributed by atoms with Crippen molar-refractivity contribution in [3.63, 3.8) is 0 Å². The Morgan fingerprint density at radius 2 is 2.15 bits per heavy atom. The fourth-order valence-electron chi connectivity index (χ4n) is 3.56. The van der Waals surface area contributed by atoms with Gasteiger partial charge in [0.15, 0.2) is 0 Å². The molecule has 0 saturated heterocycles. The molecule has 112 valence electrons. The molecule has 2 unspecified atom stereocenters. The minimum atomic E-state index is 0.269. The van der Waals surface area contributed by atoms with E-state index in [0.29, 0.717) is 6.04 Å². The predicted octanol–water partition coefficient (Wildman–Crippen LogP) is 4.06. The van der Waals surface area contributed by atoms with Crippen molar-refractivity contribution in [2.24, 2.45) is 5.92 Å². The van der Waals surface area contributed by atoms with E-state index in [9.17, 15) is 0 Å². The van der Waals surface area contributed by atoms with Gasteiger partial charge in [0.1, 0.15) is 5.75 Å². The van der Waals surface area contributed by atoms with Crippen LogP contribution in [0.1, 0.15) is 51.2 Å². The molecule has 0 bridgehead atoms. The number of hydrogen-bond acceptors (Lipinski definition) is 2. The minimum Gasteiger partial charge on any atom is -0.496 e. The Labute approximate surface area is 123 Å². The first-order chi connectivity index (χ1) is 9.49. The smallest absolute Gasteiger partial charge is 0.122 e. The third-order valence-corrected chi connectivity index (χ3v) is 5.01. The zero-order chi connectivity index (χ0) is 14.8. The molecule has 1 saturated carbocycles. The maximum Gasteiger partial charge on any atom is 0.122 e. The summed E-state index contributed by atoms with van der Waals surface area (Å²) in [7, 11) is 1.77. The second-order valence-corrected chi connectivity index (χ2v) is 6.67. The van der Waals surface area contributed by atoms with E-state index in [0.717, 1.165) is 18.2 Å². The summed E-state index contributed by atoms with van der Waals surface area (Å²) < 4.78 is 5.53. The first-order valence-electron chi connectivity index (χ1n) is 7.88. The van der Waals surface area contributed by atoms with Crippen LogP contribution >= 0.6 is 0 Å². The van der Waals surface area contributed by atoms with Crippen LogP contribution in [0, 0.1) is 12.8 Å². The lowest BCUT2D eigenvalue weighted by Crippen LogP contribution is -2.42. The van der Waals surface area contributed by atoms with Crippen LogP contribution in [0.2, 0.25) is 0 Å². The van der Waals surface area contributed by atoms with Crippen molar-refractivity contribution in [1.29, 1.82) is 0 Å². The molecular formula is C18H29NO. The van der Waals surface area contributed by atoms with Gasteiger partial charge in [0.05, 0.1) is 7.11 Å². The van der Waals surface area contributed by atoms with E-state index >= 15 is 0 Å². The highest BCUT2D eigenvalue weighted by molar-refractivity contribution is 5.41. The normalized spacial score (nSPS) is 26.2. The Morgan fingerprint density at radius 1 is 1.40 bits per heavy atom. The van der Waals surface area contributed by atoms with Crippen LogP contribution in [-0.4, -0.2) is 19.7 Å². The summed E-state index contributed by atoms with van der Waals surface area (Å²) in [6.45, 7) is 10.0. The monoisotopic (exact) mass is 275 g/mol. The molecule has 1 aromatic carbocycles. The van der Waals surface area contributed by atoms with Crippen molar-refractivity contribution >= 4 is 0 Å². The van der Waals surface area contributed by atoms with Crippen molar-refractivity contribution in [3.8, 4) is 5.75 Å². The molecular weight excluding hydrogens is 246 g/mol. The molecule has 2 atom stereocenters. The van der Waals surface area contributed by atoms with Gasteiger partial charge in [-0.3, -0.25) is 0 Å². The average molecular weight is 275 g/mol. The van der Waals surface area contributed by atoms with Crippen molar-refractivity contribution < 1.29 is 4.74 Å². The molecule has 2 nitrogen and oxygen atoms in total. The van der Waals surface area contributed by atoms with Crippen LogP contribution in [0.4, 0.5) is 0 Å². The van der Waals surface area contributed by atoms with E-state index in [1.165, 1.54) is 30.4 Å². The molecule has 1 fully saturated rings. The van der Waals surface area contributed by atoms with Gasteiger partial charge in [-0.05, 0) is 42.9 Å². The number of nitrogens with one attached hydrogen (secondary N) is 1. The molecule has 2 rings (SSSR count). The van der Waals surface area contributed by atoms with Gasteiger partial charge < -0.3 is 10.1 Å². The molecule has 0 heterocycles. The second-order valence-electron chi connectivity index (χ2n) is 6.67. The van der Waals surface area contributed by atoms with Gasteiger partial charge in [-0.15, -0.1) is 0 Å². The van der Waals surface area contributed by atoms with E-state index in [4.69, 9.17) is 4.74 Å². The van der Waals surface area contributed by atoms with Crippen LogP contribution in [0.3, 0.4) is 0 Å². The van der Waals surface area contributed by atoms with Gasteiger partial charge in [-0.1, -0.05) is 39.3 Å². The molecule has 0 aromatic heterocycles. The molecule has 1 aromatic rings. The molecule has 0 aliphatic heterocycles.